The number of ketones is 1. The highest BCUT2D eigenvalue weighted by Gasteiger charge is 2.56. The zero-order valence-electron chi connectivity index (χ0n) is 16.8. The first-order chi connectivity index (χ1) is 13.5. The molecule has 0 fully saturated rings. The summed E-state index contributed by atoms with van der Waals surface area (Å²) in [6.07, 6.45) is 2.19. The van der Waals surface area contributed by atoms with Gasteiger partial charge >= 0.3 is 0 Å². The number of ether oxygens (including phenoxy) is 3. The van der Waals surface area contributed by atoms with E-state index in [4.69, 9.17) is 14.2 Å². The van der Waals surface area contributed by atoms with Crippen LogP contribution in [0.5, 0.6) is 11.5 Å². The van der Waals surface area contributed by atoms with Crippen molar-refractivity contribution in [3.8, 4) is 11.5 Å². The number of Topliss-reactive ketones (excluding diaryl/α,β-unsaturated/α-hetero) is 1. The maximum Gasteiger partial charge on any atom is 0.185 e. The zero-order valence-corrected chi connectivity index (χ0v) is 16.8. The summed E-state index contributed by atoms with van der Waals surface area (Å²) in [7, 11) is 3.24. The number of hydrogen-bond acceptors (Lipinski definition) is 4. The Kier molecular flexibility index (Phi) is 5.59. The average Bonchev–Trinajstić information content (AvgIpc) is 2.72. The van der Waals surface area contributed by atoms with Gasteiger partial charge in [0.25, 0.3) is 0 Å². The summed E-state index contributed by atoms with van der Waals surface area (Å²) in [5.74, 6) is 2.23. The third kappa shape index (κ3) is 3.19. The van der Waals surface area contributed by atoms with Crippen molar-refractivity contribution < 1.29 is 19.0 Å². The molecule has 1 atom stereocenters. The van der Waals surface area contributed by atoms with E-state index in [1.165, 1.54) is 0 Å². The summed E-state index contributed by atoms with van der Waals surface area (Å²) >= 11 is 0. The van der Waals surface area contributed by atoms with Crippen LogP contribution < -0.4 is 9.47 Å². The van der Waals surface area contributed by atoms with Gasteiger partial charge in [0.2, 0.25) is 0 Å². The molecule has 2 aromatic rings. The maximum absolute atomic E-state index is 13.5. The molecule has 0 amide bonds. The molecule has 0 heterocycles. The second-order valence-corrected chi connectivity index (χ2v) is 7.05. The van der Waals surface area contributed by atoms with Crippen LogP contribution in [0, 0.1) is 0 Å². The monoisotopic (exact) mass is 378 g/mol. The number of carbonyl (C=O) groups is 1. The van der Waals surface area contributed by atoms with Crippen LogP contribution in [0.15, 0.2) is 66.9 Å². The Morgan fingerprint density at radius 3 is 1.96 bits per heavy atom. The molecule has 0 radical (unpaired) electrons. The van der Waals surface area contributed by atoms with Gasteiger partial charge in [-0.2, -0.15) is 0 Å². The second kappa shape index (κ2) is 7.93. The first-order valence-corrected chi connectivity index (χ1v) is 9.34. The molecule has 28 heavy (non-hydrogen) atoms. The second-order valence-electron chi connectivity index (χ2n) is 7.05. The van der Waals surface area contributed by atoms with Crippen LogP contribution in [0.1, 0.15) is 31.4 Å². The van der Waals surface area contributed by atoms with E-state index in [1.54, 1.807) is 20.3 Å². The minimum atomic E-state index is -0.854. The van der Waals surface area contributed by atoms with Crippen molar-refractivity contribution in [3.63, 3.8) is 0 Å². The van der Waals surface area contributed by atoms with E-state index >= 15 is 0 Å². The van der Waals surface area contributed by atoms with Gasteiger partial charge in [-0.05, 0) is 55.7 Å². The molecule has 0 aromatic heterocycles. The van der Waals surface area contributed by atoms with E-state index in [0.717, 1.165) is 22.6 Å². The fourth-order valence-corrected chi connectivity index (χ4v) is 3.64. The lowest BCUT2D eigenvalue weighted by atomic mass is 9.60. The Hall–Kier alpha value is -3.01. The molecule has 2 aromatic carbocycles. The van der Waals surface area contributed by atoms with Gasteiger partial charge in [0, 0.05) is 0 Å². The fraction of sp³-hybridized carbons (Fsp3) is 0.292. The molecule has 0 aliphatic heterocycles. The van der Waals surface area contributed by atoms with Crippen LogP contribution in [-0.2, 0) is 14.9 Å². The molecule has 0 saturated heterocycles. The van der Waals surface area contributed by atoms with E-state index in [2.05, 4.69) is 6.58 Å². The van der Waals surface area contributed by atoms with Crippen LogP contribution >= 0.6 is 0 Å². The molecular weight excluding hydrogens is 352 g/mol. The lowest BCUT2D eigenvalue weighted by Crippen LogP contribution is -2.48. The fourth-order valence-electron chi connectivity index (χ4n) is 3.64. The van der Waals surface area contributed by atoms with E-state index in [-0.39, 0.29) is 11.9 Å². The predicted octanol–water partition coefficient (Wildman–Crippen LogP) is 4.94. The van der Waals surface area contributed by atoms with Crippen molar-refractivity contribution in [1.29, 1.82) is 0 Å². The van der Waals surface area contributed by atoms with Gasteiger partial charge in [-0.15, -0.1) is 6.58 Å². The smallest absolute Gasteiger partial charge is 0.185 e. The average molecular weight is 378 g/mol. The van der Waals surface area contributed by atoms with Gasteiger partial charge < -0.3 is 14.2 Å². The van der Waals surface area contributed by atoms with Crippen molar-refractivity contribution >= 4 is 11.4 Å². The largest absolute Gasteiger partial charge is 0.497 e. The summed E-state index contributed by atoms with van der Waals surface area (Å²) in [4.78, 5) is 13.5. The van der Waals surface area contributed by atoms with Gasteiger partial charge in [-0.1, -0.05) is 30.3 Å². The normalized spacial score (nSPS) is 18.7. The van der Waals surface area contributed by atoms with Crippen LogP contribution in [-0.4, -0.2) is 26.1 Å². The molecule has 0 N–H and O–H groups in total. The van der Waals surface area contributed by atoms with Crippen molar-refractivity contribution in [1.82, 2.24) is 0 Å². The highest BCUT2D eigenvalue weighted by Crippen LogP contribution is 2.53. The summed E-state index contributed by atoms with van der Waals surface area (Å²) in [6, 6.07) is 15.1. The number of benzene rings is 2. The topological polar surface area (TPSA) is 44.8 Å². The Balaban J connectivity index is 2.16. The predicted molar refractivity (Wildman–Crippen MR) is 111 cm³/mol. The van der Waals surface area contributed by atoms with Crippen molar-refractivity contribution in [2.45, 2.75) is 31.8 Å². The summed E-state index contributed by atoms with van der Waals surface area (Å²) in [6.45, 7) is 7.82. The molecule has 4 heteroatoms. The third-order valence-electron chi connectivity index (χ3n) is 4.99. The van der Waals surface area contributed by atoms with Crippen LogP contribution in [0.2, 0.25) is 0 Å². The van der Waals surface area contributed by atoms with Crippen LogP contribution in [0.4, 0.5) is 0 Å². The Morgan fingerprint density at radius 2 is 1.50 bits per heavy atom. The van der Waals surface area contributed by atoms with Crippen molar-refractivity contribution in [2.24, 2.45) is 0 Å². The van der Waals surface area contributed by atoms with E-state index in [1.807, 2.05) is 62.4 Å². The van der Waals surface area contributed by atoms with Gasteiger partial charge in [0.1, 0.15) is 22.7 Å². The third-order valence-corrected chi connectivity index (χ3v) is 4.99. The van der Waals surface area contributed by atoms with Crippen LogP contribution in [0.25, 0.3) is 5.57 Å². The summed E-state index contributed by atoms with van der Waals surface area (Å²) in [5.41, 5.74) is 1.47. The molecular formula is C24H26O4. The quantitative estimate of drug-likeness (QED) is 0.611. The van der Waals surface area contributed by atoms with Gasteiger partial charge in [0.15, 0.2) is 5.78 Å². The highest BCUT2D eigenvalue weighted by molar-refractivity contribution is 6.34. The Labute approximate surface area is 166 Å². The summed E-state index contributed by atoms with van der Waals surface area (Å²) in [5, 5.41) is 0. The number of allylic oxidation sites excluding steroid dienone is 3. The lowest BCUT2D eigenvalue weighted by molar-refractivity contribution is -0.122. The molecule has 4 nitrogen and oxygen atoms in total. The Bertz CT molecular complexity index is 891. The maximum atomic E-state index is 13.5. The highest BCUT2D eigenvalue weighted by atomic mass is 16.5. The first kappa shape index (κ1) is 19.7. The molecule has 1 unspecified atom stereocenters. The molecule has 146 valence electrons. The Morgan fingerprint density at radius 1 is 0.964 bits per heavy atom. The number of methoxy groups -OCH3 is 2. The zero-order chi connectivity index (χ0) is 20.3. The number of rotatable bonds is 8. The van der Waals surface area contributed by atoms with Crippen molar-refractivity contribution in [3.05, 3.63) is 78.1 Å². The molecule has 1 aliphatic carbocycles. The SMILES string of the molecule is C=CCC1(c2ccc(OC)cc2)C(=O)C(c2ccc(OC)cc2)=C1OC(C)C. The first-order valence-electron chi connectivity index (χ1n) is 9.34. The van der Waals surface area contributed by atoms with E-state index in [9.17, 15) is 4.79 Å². The van der Waals surface area contributed by atoms with E-state index < -0.39 is 5.41 Å². The minimum absolute atomic E-state index is 0.0402. The standard InChI is InChI=1S/C24H26O4/c1-6-15-24(18-9-13-20(27-5)14-10-18)22(25)21(23(24)28-16(2)3)17-7-11-19(26-4)12-8-17/h6-14,16H,1,15H2,2-5H3. The lowest BCUT2D eigenvalue weighted by Gasteiger charge is -2.44. The van der Waals surface area contributed by atoms with Gasteiger partial charge in [-0.3, -0.25) is 4.79 Å². The molecule has 0 bridgehead atoms. The van der Waals surface area contributed by atoms with Gasteiger partial charge in [0.05, 0.1) is 25.9 Å². The molecule has 1 aliphatic rings. The minimum Gasteiger partial charge on any atom is -0.497 e. The molecule has 0 spiro atoms. The number of carbonyl (C=O) groups excluding carboxylic acids is 1. The van der Waals surface area contributed by atoms with Crippen molar-refractivity contribution in [2.75, 3.05) is 14.2 Å². The van der Waals surface area contributed by atoms with Gasteiger partial charge in [-0.25, -0.2) is 0 Å². The number of hydrogen-bond donors (Lipinski definition) is 0. The molecule has 3 rings (SSSR count). The van der Waals surface area contributed by atoms with Crippen LogP contribution in [0.3, 0.4) is 0 Å². The van der Waals surface area contributed by atoms with E-state index in [0.29, 0.717) is 17.8 Å². The molecule has 0 saturated carbocycles. The summed E-state index contributed by atoms with van der Waals surface area (Å²) < 4.78 is 16.7.